The fraction of sp³-hybridized carbons (Fsp3) is 0.308. The molecule has 0 heterocycles. The Morgan fingerprint density at radius 1 is 1.06 bits per heavy atom. The van der Waals surface area contributed by atoms with Gasteiger partial charge in [-0.25, -0.2) is 9.18 Å². The molecule has 0 bridgehead atoms. The molecule has 0 unspecified atom stereocenters. The van der Waals surface area contributed by atoms with E-state index in [1.54, 1.807) is 51.1 Å². The van der Waals surface area contributed by atoms with Gasteiger partial charge in [-0.15, -0.1) is 0 Å². The molecule has 162 valence electrons. The van der Waals surface area contributed by atoms with Crippen LogP contribution in [0.1, 0.15) is 44.2 Å². The zero-order valence-electron chi connectivity index (χ0n) is 18.2. The van der Waals surface area contributed by atoms with Gasteiger partial charge in [-0.2, -0.15) is 0 Å². The number of carbonyl (C=O) groups excluding carboxylic acids is 2. The van der Waals surface area contributed by atoms with E-state index >= 15 is 4.39 Å². The van der Waals surface area contributed by atoms with E-state index < -0.39 is 23.2 Å². The van der Waals surface area contributed by atoms with Crippen LogP contribution in [0.2, 0.25) is 0 Å². The Morgan fingerprint density at radius 2 is 1.71 bits per heavy atom. The summed E-state index contributed by atoms with van der Waals surface area (Å²) in [5.41, 5.74) is -2.05. The van der Waals surface area contributed by atoms with Gasteiger partial charge in [-0.3, -0.25) is 4.79 Å². The molecule has 0 amide bonds. The molecule has 2 aromatic rings. The fourth-order valence-corrected chi connectivity index (χ4v) is 3.60. The zero-order chi connectivity index (χ0) is 22.6. The molecule has 0 saturated heterocycles. The van der Waals surface area contributed by atoms with E-state index in [1.807, 2.05) is 30.3 Å². The Morgan fingerprint density at radius 3 is 2.29 bits per heavy atom. The highest BCUT2D eigenvalue weighted by Crippen LogP contribution is 2.46. The first-order chi connectivity index (χ1) is 14.6. The van der Waals surface area contributed by atoms with Gasteiger partial charge in [0.1, 0.15) is 11.4 Å². The number of esters is 1. The van der Waals surface area contributed by atoms with Crippen LogP contribution in [0, 0.1) is 0 Å². The zero-order valence-corrected chi connectivity index (χ0v) is 18.2. The Labute approximate surface area is 182 Å². The summed E-state index contributed by atoms with van der Waals surface area (Å²) in [4.78, 5) is 25.7. The second-order valence-corrected chi connectivity index (χ2v) is 8.55. The first-order valence-electron chi connectivity index (χ1n) is 10.2. The molecule has 2 aromatic carbocycles. The van der Waals surface area contributed by atoms with Crippen molar-refractivity contribution in [3.63, 3.8) is 0 Å². The normalized spacial score (nSPS) is 21.6. The highest BCUT2D eigenvalue weighted by atomic mass is 19.1. The molecule has 31 heavy (non-hydrogen) atoms. The number of allylic oxidation sites excluding steroid dienone is 2. The van der Waals surface area contributed by atoms with Crippen molar-refractivity contribution in [1.29, 1.82) is 0 Å². The minimum atomic E-state index is -2.51. The Balaban J connectivity index is 2.09. The second kappa shape index (κ2) is 8.88. The monoisotopic (exact) mass is 422 g/mol. The van der Waals surface area contributed by atoms with Gasteiger partial charge in [0.15, 0.2) is 5.78 Å². The van der Waals surface area contributed by atoms with Crippen LogP contribution in [0.4, 0.5) is 4.39 Å². The van der Waals surface area contributed by atoms with E-state index in [1.165, 1.54) is 19.3 Å². The second-order valence-electron chi connectivity index (χ2n) is 8.55. The van der Waals surface area contributed by atoms with Gasteiger partial charge >= 0.3 is 5.97 Å². The van der Waals surface area contributed by atoms with E-state index in [9.17, 15) is 9.59 Å². The van der Waals surface area contributed by atoms with Crippen molar-refractivity contribution in [1.82, 2.24) is 0 Å². The van der Waals surface area contributed by atoms with Crippen molar-refractivity contribution in [2.45, 2.75) is 44.4 Å². The number of rotatable bonds is 5. The van der Waals surface area contributed by atoms with E-state index in [4.69, 9.17) is 9.47 Å². The van der Waals surface area contributed by atoms with Crippen LogP contribution >= 0.6 is 0 Å². The van der Waals surface area contributed by atoms with Crippen LogP contribution in [0.25, 0.3) is 6.08 Å². The number of alkyl halides is 1. The third kappa shape index (κ3) is 5.10. The quantitative estimate of drug-likeness (QED) is 0.602. The molecular weight excluding hydrogens is 395 g/mol. The van der Waals surface area contributed by atoms with Gasteiger partial charge < -0.3 is 9.47 Å². The number of carbonyl (C=O) groups is 2. The lowest BCUT2D eigenvalue weighted by molar-refractivity contribution is -0.168. The minimum absolute atomic E-state index is 0.0114. The van der Waals surface area contributed by atoms with Crippen LogP contribution in [0.3, 0.4) is 0 Å². The summed E-state index contributed by atoms with van der Waals surface area (Å²) in [7, 11) is 1.54. The van der Waals surface area contributed by atoms with Crippen molar-refractivity contribution >= 4 is 17.8 Å². The summed E-state index contributed by atoms with van der Waals surface area (Å²) in [6, 6.07) is 16.0. The maximum absolute atomic E-state index is 16.8. The number of hydrogen-bond donors (Lipinski definition) is 0. The molecule has 2 atom stereocenters. The van der Waals surface area contributed by atoms with Crippen LogP contribution in [-0.2, 0) is 14.3 Å². The number of methoxy groups -OCH3 is 1. The fourth-order valence-electron chi connectivity index (χ4n) is 3.60. The summed E-state index contributed by atoms with van der Waals surface area (Å²) in [5.74, 6) is -1.66. The average molecular weight is 422 g/mol. The van der Waals surface area contributed by atoms with E-state index in [0.29, 0.717) is 11.3 Å². The SMILES string of the molecule is COc1ccc([C@@H]2CC(=O)C=C(/C=C/c3ccccc3)[C@]2(F)C(=O)OC(C)(C)C)cc1. The molecule has 0 spiro atoms. The van der Waals surface area contributed by atoms with Crippen LogP contribution in [0.5, 0.6) is 5.75 Å². The maximum Gasteiger partial charge on any atom is 0.349 e. The molecule has 4 nitrogen and oxygen atoms in total. The summed E-state index contributed by atoms with van der Waals surface area (Å²) in [5, 5.41) is 0. The number of hydrogen-bond acceptors (Lipinski definition) is 4. The van der Waals surface area contributed by atoms with Crippen molar-refractivity contribution in [3.05, 3.63) is 83.4 Å². The van der Waals surface area contributed by atoms with Crippen molar-refractivity contribution in [2.75, 3.05) is 7.11 Å². The molecule has 1 aliphatic rings. The molecule has 5 heteroatoms. The topological polar surface area (TPSA) is 52.6 Å². The van der Waals surface area contributed by atoms with Crippen molar-refractivity contribution in [2.24, 2.45) is 0 Å². The number of ketones is 1. The molecule has 0 fully saturated rings. The summed E-state index contributed by atoms with van der Waals surface area (Å²) in [6.45, 7) is 5.06. The Hall–Kier alpha value is -3.21. The molecule has 1 aliphatic carbocycles. The lowest BCUT2D eigenvalue weighted by Gasteiger charge is -2.37. The number of ether oxygens (including phenoxy) is 2. The highest BCUT2D eigenvalue weighted by Gasteiger charge is 2.54. The molecule has 0 radical (unpaired) electrons. The van der Waals surface area contributed by atoms with E-state index in [2.05, 4.69) is 0 Å². The molecule has 0 aliphatic heterocycles. The largest absolute Gasteiger partial charge is 0.497 e. The molecule has 0 saturated carbocycles. The van der Waals surface area contributed by atoms with Gasteiger partial charge in [0.25, 0.3) is 0 Å². The maximum atomic E-state index is 16.8. The van der Waals surface area contributed by atoms with Gasteiger partial charge in [0, 0.05) is 17.9 Å². The van der Waals surface area contributed by atoms with Gasteiger partial charge in [-0.05, 0) is 50.1 Å². The third-order valence-electron chi connectivity index (χ3n) is 5.09. The Bertz CT molecular complexity index is 1000. The van der Waals surface area contributed by atoms with Crippen molar-refractivity contribution in [3.8, 4) is 5.75 Å². The summed E-state index contributed by atoms with van der Waals surface area (Å²) < 4.78 is 27.4. The standard InChI is InChI=1S/C26H27FO4/c1-25(2,3)31-24(29)26(27)20(13-10-18-8-6-5-7-9-18)16-21(28)17-23(26)19-11-14-22(30-4)15-12-19/h5-16,23H,17H2,1-4H3/b13-10+/t23-,26+/m0/s1. The van der Waals surface area contributed by atoms with Crippen LogP contribution in [-0.4, -0.2) is 30.1 Å². The van der Waals surface area contributed by atoms with Crippen molar-refractivity contribution < 1.29 is 23.5 Å². The van der Waals surface area contributed by atoms with Gasteiger partial charge in [-0.1, -0.05) is 54.6 Å². The molecule has 0 N–H and O–H groups in total. The predicted octanol–water partition coefficient (Wildman–Crippen LogP) is 5.44. The highest BCUT2D eigenvalue weighted by molar-refractivity contribution is 5.99. The lowest BCUT2D eigenvalue weighted by Crippen LogP contribution is -2.48. The summed E-state index contributed by atoms with van der Waals surface area (Å²) in [6.07, 6.45) is 4.26. The summed E-state index contributed by atoms with van der Waals surface area (Å²) >= 11 is 0. The number of halogens is 1. The molecule has 3 rings (SSSR count). The van der Waals surface area contributed by atoms with Crippen LogP contribution < -0.4 is 4.74 Å². The molecular formula is C26H27FO4. The average Bonchev–Trinajstić information content (AvgIpc) is 2.73. The first kappa shape index (κ1) is 22.5. The van der Waals surface area contributed by atoms with E-state index in [0.717, 1.165) is 5.56 Å². The van der Waals surface area contributed by atoms with Gasteiger partial charge in [0.05, 0.1) is 7.11 Å². The molecule has 0 aromatic heterocycles. The predicted molar refractivity (Wildman–Crippen MR) is 119 cm³/mol. The minimum Gasteiger partial charge on any atom is -0.497 e. The lowest BCUT2D eigenvalue weighted by atomic mass is 9.71. The van der Waals surface area contributed by atoms with E-state index in [-0.39, 0.29) is 17.8 Å². The first-order valence-corrected chi connectivity index (χ1v) is 10.2. The van der Waals surface area contributed by atoms with Gasteiger partial charge in [0.2, 0.25) is 5.67 Å². The smallest absolute Gasteiger partial charge is 0.349 e. The Kier molecular flexibility index (Phi) is 6.44. The van der Waals surface area contributed by atoms with Crippen LogP contribution in [0.15, 0.2) is 72.3 Å². The number of benzene rings is 2. The third-order valence-corrected chi connectivity index (χ3v) is 5.09.